The summed E-state index contributed by atoms with van der Waals surface area (Å²) in [7, 11) is 0. The first-order valence-electron chi connectivity index (χ1n) is 8.97. The van der Waals surface area contributed by atoms with Crippen LogP contribution in [0.5, 0.6) is 0 Å². The van der Waals surface area contributed by atoms with Crippen molar-refractivity contribution >= 4 is 0 Å². The molecule has 0 amide bonds. The van der Waals surface area contributed by atoms with Gasteiger partial charge in [0.25, 0.3) is 0 Å². The zero-order valence-electron chi connectivity index (χ0n) is 17.8. The minimum atomic E-state index is -0.246. The van der Waals surface area contributed by atoms with E-state index in [9.17, 15) is 0 Å². The number of rotatable bonds is 2. The predicted molar refractivity (Wildman–Crippen MR) is 106 cm³/mol. The molecule has 134 valence electrons. The molecule has 0 aliphatic heterocycles. The van der Waals surface area contributed by atoms with Gasteiger partial charge in [0.15, 0.2) is 0 Å². The first-order valence-corrected chi connectivity index (χ1v) is 8.97. The summed E-state index contributed by atoms with van der Waals surface area (Å²) in [6.45, 7) is 26.4. The molecule has 2 N–H and O–H groups in total. The van der Waals surface area contributed by atoms with Crippen LogP contribution in [0.3, 0.4) is 0 Å². The Kier molecular flexibility index (Phi) is 21.8. The number of hydrogen-bond donors (Lipinski definition) is 1. The molecule has 0 bridgehead atoms. The van der Waals surface area contributed by atoms with Crippen LogP contribution in [0, 0.1) is 6.92 Å². The number of hydrogen-bond acceptors (Lipinski definition) is 2. The highest BCUT2D eigenvalue weighted by molar-refractivity contribution is 5.26. The Morgan fingerprint density at radius 3 is 1.36 bits per heavy atom. The highest BCUT2D eigenvalue weighted by Gasteiger charge is 2.35. The third-order valence-electron chi connectivity index (χ3n) is 3.24. The van der Waals surface area contributed by atoms with Crippen molar-refractivity contribution in [1.82, 2.24) is 4.98 Å². The van der Waals surface area contributed by atoms with E-state index in [0.29, 0.717) is 0 Å². The third-order valence-corrected chi connectivity index (χ3v) is 3.24. The molecule has 1 rings (SSSR count). The van der Waals surface area contributed by atoms with Gasteiger partial charge in [-0.15, -0.1) is 0 Å². The Morgan fingerprint density at radius 1 is 0.773 bits per heavy atom. The van der Waals surface area contributed by atoms with E-state index in [1.807, 2.05) is 88.4 Å². The monoisotopic (exact) mass is 312 g/mol. The summed E-state index contributed by atoms with van der Waals surface area (Å²) in [5.41, 5.74) is 8.08. The molecule has 1 aromatic heterocycles. The van der Waals surface area contributed by atoms with Gasteiger partial charge in [-0.1, -0.05) is 75.3 Å². The normalized spacial score (nSPS) is 9.36. The van der Waals surface area contributed by atoms with E-state index in [2.05, 4.69) is 24.9 Å². The van der Waals surface area contributed by atoms with E-state index in [1.165, 1.54) is 5.56 Å². The van der Waals surface area contributed by atoms with Crippen molar-refractivity contribution in [3.63, 3.8) is 0 Å². The van der Waals surface area contributed by atoms with Crippen molar-refractivity contribution in [2.45, 2.75) is 101 Å². The van der Waals surface area contributed by atoms with Crippen LogP contribution < -0.4 is 5.73 Å². The van der Waals surface area contributed by atoms with Crippen LogP contribution in [0.25, 0.3) is 0 Å². The molecule has 1 aromatic rings. The average Bonchev–Trinajstić information content (AvgIpc) is 2.54. The SMILES string of the molecule is CC.CC.CC.CC.Cc1ccc(C(C)(C)C(C)(C)N)cn1. The standard InChI is InChI=1S/C12H20N2.4C2H6/c1-9-6-7-10(8-14-9)11(2,3)12(4,5)13;4*1-2/h6-8H,13H2,1-5H3;4*1-2H3. The first-order chi connectivity index (χ1) is 10.2. The summed E-state index contributed by atoms with van der Waals surface area (Å²) in [5, 5.41) is 0. The highest BCUT2D eigenvalue weighted by Crippen LogP contribution is 2.32. The summed E-state index contributed by atoms with van der Waals surface area (Å²) in [4.78, 5) is 4.30. The lowest BCUT2D eigenvalue weighted by atomic mass is 9.71. The summed E-state index contributed by atoms with van der Waals surface area (Å²) >= 11 is 0. The molecule has 0 fully saturated rings. The van der Waals surface area contributed by atoms with Gasteiger partial charge in [0.1, 0.15) is 0 Å². The fourth-order valence-corrected chi connectivity index (χ4v) is 1.21. The summed E-state index contributed by atoms with van der Waals surface area (Å²) in [5.74, 6) is 0. The van der Waals surface area contributed by atoms with Crippen molar-refractivity contribution in [3.8, 4) is 0 Å². The van der Waals surface area contributed by atoms with Crippen molar-refractivity contribution in [2.75, 3.05) is 0 Å². The van der Waals surface area contributed by atoms with Gasteiger partial charge in [0.2, 0.25) is 0 Å². The molecule has 0 unspecified atom stereocenters. The molecule has 0 atom stereocenters. The second-order valence-electron chi connectivity index (χ2n) is 5.03. The first kappa shape index (κ1) is 29.2. The molecule has 2 nitrogen and oxygen atoms in total. The summed E-state index contributed by atoms with van der Waals surface area (Å²) < 4.78 is 0. The van der Waals surface area contributed by atoms with Crippen molar-refractivity contribution in [1.29, 1.82) is 0 Å². The molecule has 0 spiro atoms. The quantitative estimate of drug-likeness (QED) is 0.676. The molecular formula is C20H44N2. The molecule has 1 heterocycles. The Morgan fingerprint density at radius 2 is 1.14 bits per heavy atom. The molecule has 2 heteroatoms. The molecule has 22 heavy (non-hydrogen) atoms. The van der Waals surface area contributed by atoms with Gasteiger partial charge >= 0.3 is 0 Å². The van der Waals surface area contributed by atoms with Gasteiger partial charge in [-0.05, 0) is 32.4 Å². The topological polar surface area (TPSA) is 38.9 Å². The summed E-state index contributed by atoms with van der Waals surface area (Å²) in [6.07, 6.45) is 1.92. The van der Waals surface area contributed by atoms with Crippen LogP contribution in [0.1, 0.15) is 94.3 Å². The Bertz CT molecular complexity index is 305. The lowest BCUT2D eigenvalue weighted by Gasteiger charge is -2.38. The van der Waals surface area contributed by atoms with Crippen molar-refractivity contribution in [3.05, 3.63) is 29.6 Å². The molecule has 0 aliphatic carbocycles. The second-order valence-corrected chi connectivity index (χ2v) is 5.03. The smallest absolute Gasteiger partial charge is 0.0372 e. The minimum absolute atomic E-state index is 0.0618. The van der Waals surface area contributed by atoms with Crippen molar-refractivity contribution < 1.29 is 0 Å². The van der Waals surface area contributed by atoms with E-state index in [0.717, 1.165) is 5.69 Å². The maximum absolute atomic E-state index is 6.16. The number of nitrogens with two attached hydrogens (primary N) is 1. The van der Waals surface area contributed by atoms with Crippen LogP contribution in [0.4, 0.5) is 0 Å². The maximum Gasteiger partial charge on any atom is 0.0372 e. The van der Waals surface area contributed by atoms with Gasteiger partial charge in [0, 0.05) is 22.8 Å². The zero-order valence-corrected chi connectivity index (χ0v) is 17.8. The van der Waals surface area contributed by atoms with E-state index in [-0.39, 0.29) is 11.0 Å². The van der Waals surface area contributed by atoms with Gasteiger partial charge in [-0.3, -0.25) is 4.98 Å². The van der Waals surface area contributed by atoms with E-state index in [1.54, 1.807) is 0 Å². The molecular weight excluding hydrogens is 268 g/mol. The molecule has 0 aromatic carbocycles. The van der Waals surface area contributed by atoms with Gasteiger partial charge in [-0.25, -0.2) is 0 Å². The average molecular weight is 313 g/mol. The minimum Gasteiger partial charge on any atom is -0.325 e. The molecule has 0 aliphatic rings. The fraction of sp³-hybridized carbons (Fsp3) is 0.750. The zero-order chi connectivity index (χ0) is 19.0. The van der Waals surface area contributed by atoms with Crippen LogP contribution in [-0.4, -0.2) is 10.5 Å². The lowest BCUT2D eigenvalue weighted by molar-refractivity contribution is 0.305. The van der Waals surface area contributed by atoms with Gasteiger partial charge < -0.3 is 5.73 Å². The Balaban J connectivity index is -0.000000175. The summed E-state index contributed by atoms with van der Waals surface area (Å²) in [6, 6.07) is 4.14. The number of nitrogens with zero attached hydrogens (tertiary/aromatic N) is 1. The van der Waals surface area contributed by atoms with E-state index < -0.39 is 0 Å². The number of aryl methyl sites for hydroxylation is 1. The van der Waals surface area contributed by atoms with Crippen LogP contribution >= 0.6 is 0 Å². The highest BCUT2D eigenvalue weighted by atomic mass is 14.8. The van der Waals surface area contributed by atoms with Gasteiger partial charge in [-0.2, -0.15) is 0 Å². The number of aromatic nitrogens is 1. The molecule has 0 radical (unpaired) electrons. The molecule has 0 saturated carbocycles. The van der Waals surface area contributed by atoms with Crippen molar-refractivity contribution in [2.24, 2.45) is 5.73 Å². The Hall–Kier alpha value is -0.890. The van der Waals surface area contributed by atoms with Gasteiger partial charge in [0.05, 0.1) is 0 Å². The van der Waals surface area contributed by atoms with E-state index in [4.69, 9.17) is 5.73 Å². The fourth-order valence-electron chi connectivity index (χ4n) is 1.21. The number of pyridine rings is 1. The Labute approximate surface area is 141 Å². The van der Waals surface area contributed by atoms with Crippen LogP contribution in [-0.2, 0) is 5.41 Å². The lowest BCUT2D eigenvalue weighted by Crippen LogP contribution is -2.50. The van der Waals surface area contributed by atoms with Crippen LogP contribution in [0.2, 0.25) is 0 Å². The third kappa shape index (κ3) is 10.8. The molecule has 0 saturated heterocycles. The predicted octanol–water partition coefficient (Wildman–Crippen LogP) is 6.51. The van der Waals surface area contributed by atoms with Crippen LogP contribution in [0.15, 0.2) is 18.3 Å². The van der Waals surface area contributed by atoms with E-state index >= 15 is 0 Å². The second kappa shape index (κ2) is 16.5. The largest absolute Gasteiger partial charge is 0.325 e. The maximum atomic E-state index is 6.16.